The van der Waals surface area contributed by atoms with Crippen LogP contribution in [0.4, 0.5) is 25.8 Å². The zero-order valence-corrected chi connectivity index (χ0v) is 18.1. The first-order valence-electron chi connectivity index (χ1n) is 9.05. The van der Waals surface area contributed by atoms with Crippen molar-refractivity contribution in [2.45, 2.75) is 11.5 Å². The summed E-state index contributed by atoms with van der Waals surface area (Å²) in [6.07, 6.45) is 1.13. The number of para-hydroxylation sites is 1. The van der Waals surface area contributed by atoms with E-state index in [9.17, 15) is 27.3 Å². The molecule has 0 radical (unpaired) electrons. The third-order valence-corrected chi connectivity index (χ3v) is 5.69. The van der Waals surface area contributed by atoms with Gasteiger partial charge in [0.05, 0.1) is 21.7 Å². The normalized spacial score (nSPS) is 11.5. The summed E-state index contributed by atoms with van der Waals surface area (Å²) in [7, 11) is -4.15. The lowest BCUT2D eigenvalue weighted by molar-refractivity contribution is -0.384. The SMILES string of the molecule is O=[N+]([O-])c1cc(S(=O)(=O)Nc2cccc(Cl)c2)ccc1N/N=C/c1ccccc1OC(F)F. The van der Waals surface area contributed by atoms with E-state index in [4.69, 9.17) is 11.6 Å². The van der Waals surface area contributed by atoms with Gasteiger partial charge in [0.25, 0.3) is 15.7 Å². The number of hydrogen-bond acceptors (Lipinski definition) is 7. The third kappa shape index (κ3) is 6.37. The van der Waals surface area contributed by atoms with Gasteiger partial charge < -0.3 is 4.74 Å². The highest BCUT2D eigenvalue weighted by Gasteiger charge is 2.21. The topological polar surface area (TPSA) is 123 Å². The molecule has 0 amide bonds. The molecule has 0 fully saturated rings. The van der Waals surface area contributed by atoms with Crippen LogP contribution in [0.2, 0.25) is 5.02 Å². The fourth-order valence-electron chi connectivity index (χ4n) is 2.65. The van der Waals surface area contributed by atoms with Crippen LogP contribution < -0.4 is 14.9 Å². The van der Waals surface area contributed by atoms with Crippen molar-refractivity contribution < 1.29 is 26.9 Å². The highest BCUT2D eigenvalue weighted by molar-refractivity contribution is 7.92. The van der Waals surface area contributed by atoms with E-state index >= 15 is 0 Å². The number of benzene rings is 3. The van der Waals surface area contributed by atoms with Crippen molar-refractivity contribution in [3.63, 3.8) is 0 Å². The van der Waals surface area contributed by atoms with Crippen molar-refractivity contribution in [3.05, 3.63) is 87.4 Å². The number of anilines is 2. The number of nitrogens with zero attached hydrogens (tertiary/aromatic N) is 2. The fourth-order valence-corrected chi connectivity index (χ4v) is 3.91. The lowest BCUT2D eigenvalue weighted by Gasteiger charge is -2.10. The van der Waals surface area contributed by atoms with E-state index in [-0.39, 0.29) is 27.6 Å². The predicted molar refractivity (Wildman–Crippen MR) is 120 cm³/mol. The number of nitro benzene ring substituents is 1. The molecule has 172 valence electrons. The number of ether oxygens (including phenoxy) is 1. The van der Waals surface area contributed by atoms with Crippen molar-refractivity contribution in [2.75, 3.05) is 10.1 Å². The second kappa shape index (κ2) is 10.2. The van der Waals surface area contributed by atoms with Gasteiger partial charge in [-0.15, -0.1) is 0 Å². The number of nitro groups is 1. The summed E-state index contributed by atoms with van der Waals surface area (Å²) < 4.78 is 56.9. The van der Waals surface area contributed by atoms with Crippen LogP contribution in [-0.4, -0.2) is 26.2 Å². The molecule has 0 aliphatic carbocycles. The summed E-state index contributed by atoms with van der Waals surface area (Å²) in [5.74, 6) is -0.138. The summed E-state index contributed by atoms with van der Waals surface area (Å²) in [6.45, 7) is -3.04. The van der Waals surface area contributed by atoms with Gasteiger partial charge in [-0.2, -0.15) is 13.9 Å². The zero-order valence-electron chi connectivity index (χ0n) is 16.5. The van der Waals surface area contributed by atoms with Crippen LogP contribution in [0.15, 0.2) is 76.7 Å². The standard InChI is InChI=1S/C20H15ClF2N4O5S/c21-14-5-3-6-15(10-14)26-33(30,31)16-8-9-17(18(11-16)27(28)29)25-24-12-13-4-1-2-7-19(13)32-20(22)23/h1-12,20,25-26H/b24-12+. The van der Waals surface area contributed by atoms with Crippen LogP contribution in [0.1, 0.15) is 5.56 Å². The van der Waals surface area contributed by atoms with Gasteiger partial charge in [-0.05, 0) is 42.5 Å². The van der Waals surface area contributed by atoms with Gasteiger partial charge in [-0.25, -0.2) is 8.42 Å². The first kappa shape index (κ1) is 23.9. The second-order valence-electron chi connectivity index (χ2n) is 6.34. The molecule has 13 heteroatoms. The first-order chi connectivity index (χ1) is 15.7. The van der Waals surface area contributed by atoms with Crippen LogP contribution in [0.25, 0.3) is 0 Å². The molecular formula is C20H15ClF2N4O5S. The van der Waals surface area contributed by atoms with Gasteiger partial charge in [-0.1, -0.05) is 29.8 Å². The summed E-state index contributed by atoms with van der Waals surface area (Å²) in [5.41, 5.74) is 2.09. The summed E-state index contributed by atoms with van der Waals surface area (Å²) >= 11 is 5.84. The minimum atomic E-state index is -4.15. The fraction of sp³-hybridized carbons (Fsp3) is 0.0500. The lowest BCUT2D eigenvalue weighted by Crippen LogP contribution is -2.13. The molecule has 3 aromatic carbocycles. The first-order valence-corrected chi connectivity index (χ1v) is 10.9. The van der Waals surface area contributed by atoms with Crippen LogP contribution in [0, 0.1) is 10.1 Å². The maximum atomic E-state index is 12.6. The predicted octanol–water partition coefficient (Wildman–Crippen LogP) is 5.10. The van der Waals surface area contributed by atoms with E-state index in [0.29, 0.717) is 5.02 Å². The molecule has 9 nitrogen and oxygen atoms in total. The van der Waals surface area contributed by atoms with Crippen LogP contribution in [0.5, 0.6) is 5.75 Å². The second-order valence-corrected chi connectivity index (χ2v) is 8.46. The van der Waals surface area contributed by atoms with Gasteiger partial charge in [0.2, 0.25) is 0 Å². The Bertz CT molecular complexity index is 1310. The smallest absolute Gasteiger partial charge is 0.387 e. The van der Waals surface area contributed by atoms with E-state index < -0.39 is 27.2 Å². The molecule has 0 saturated carbocycles. The molecule has 0 spiro atoms. The van der Waals surface area contributed by atoms with Gasteiger partial charge >= 0.3 is 6.61 Å². The maximum Gasteiger partial charge on any atom is 0.387 e. The van der Waals surface area contributed by atoms with E-state index in [1.807, 2.05) is 0 Å². The molecule has 0 atom stereocenters. The lowest BCUT2D eigenvalue weighted by atomic mass is 10.2. The molecule has 3 aromatic rings. The minimum Gasteiger partial charge on any atom is -0.434 e. The van der Waals surface area contributed by atoms with Crippen molar-refractivity contribution in [3.8, 4) is 5.75 Å². The Kier molecular flexibility index (Phi) is 7.41. The number of rotatable bonds is 9. The number of hydrogen-bond donors (Lipinski definition) is 2. The maximum absolute atomic E-state index is 12.6. The van der Waals surface area contributed by atoms with Gasteiger partial charge in [0.1, 0.15) is 11.4 Å². The van der Waals surface area contributed by atoms with E-state index in [0.717, 1.165) is 24.4 Å². The third-order valence-electron chi connectivity index (χ3n) is 4.08. The number of nitrogens with one attached hydrogen (secondary N) is 2. The monoisotopic (exact) mass is 496 g/mol. The van der Waals surface area contributed by atoms with Gasteiger partial charge in [0.15, 0.2) is 0 Å². The molecule has 0 heterocycles. The molecule has 3 rings (SSSR count). The average Bonchev–Trinajstić information content (AvgIpc) is 2.74. The average molecular weight is 497 g/mol. The number of halogens is 3. The summed E-state index contributed by atoms with van der Waals surface area (Å²) in [6, 6.07) is 14.9. The van der Waals surface area contributed by atoms with E-state index in [1.54, 1.807) is 12.1 Å². The highest BCUT2D eigenvalue weighted by Crippen LogP contribution is 2.29. The summed E-state index contributed by atoms with van der Waals surface area (Å²) in [4.78, 5) is 10.3. The van der Waals surface area contributed by atoms with E-state index in [2.05, 4.69) is 20.0 Å². The molecule has 2 N–H and O–H groups in total. The molecule has 0 aromatic heterocycles. The molecule has 33 heavy (non-hydrogen) atoms. The molecule has 0 aliphatic heterocycles. The molecule has 0 unspecified atom stereocenters. The highest BCUT2D eigenvalue weighted by atomic mass is 35.5. The number of hydrazone groups is 1. The molecular weight excluding hydrogens is 482 g/mol. The van der Waals surface area contributed by atoms with E-state index in [1.165, 1.54) is 36.4 Å². The van der Waals surface area contributed by atoms with Crippen molar-refractivity contribution in [2.24, 2.45) is 5.10 Å². The Labute approximate surface area is 191 Å². The van der Waals surface area contributed by atoms with Crippen molar-refractivity contribution >= 4 is 44.9 Å². The number of sulfonamides is 1. The van der Waals surface area contributed by atoms with Gasteiger partial charge in [0, 0.05) is 16.7 Å². The van der Waals surface area contributed by atoms with Crippen LogP contribution in [0.3, 0.4) is 0 Å². The van der Waals surface area contributed by atoms with Crippen molar-refractivity contribution in [1.29, 1.82) is 0 Å². The Morgan fingerprint density at radius 2 is 1.85 bits per heavy atom. The van der Waals surface area contributed by atoms with Crippen molar-refractivity contribution in [1.82, 2.24) is 0 Å². The molecule has 0 aliphatic rings. The quantitative estimate of drug-likeness (QED) is 0.241. The Morgan fingerprint density at radius 1 is 1.09 bits per heavy atom. The Balaban J connectivity index is 1.84. The van der Waals surface area contributed by atoms with Gasteiger partial charge in [-0.3, -0.25) is 20.3 Å². The molecule has 0 bridgehead atoms. The zero-order chi connectivity index (χ0) is 24.0. The molecule has 0 saturated heterocycles. The largest absolute Gasteiger partial charge is 0.434 e. The Morgan fingerprint density at radius 3 is 2.55 bits per heavy atom. The number of alkyl halides is 2. The Hall–Kier alpha value is -3.77. The van der Waals surface area contributed by atoms with Crippen LogP contribution in [-0.2, 0) is 10.0 Å². The summed E-state index contributed by atoms with van der Waals surface area (Å²) in [5, 5.41) is 15.6. The minimum absolute atomic E-state index is 0.120. The van der Waals surface area contributed by atoms with Crippen LogP contribution >= 0.6 is 11.6 Å².